The van der Waals surface area contributed by atoms with Gasteiger partial charge in [0, 0.05) is 25.3 Å². The number of nitrogens with zero attached hydrogens (tertiary/aromatic N) is 1. The Morgan fingerprint density at radius 1 is 1.42 bits per heavy atom. The highest BCUT2D eigenvalue weighted by Crippen LogP contribution is 2.25. The number of hydrogen-bond donors (Lipinski definition) is 2. The van der Waals surface area contributed by atoms with Gasteiger partial charge in [0.1, 0.15) is 0 Å². The maximum absolute atomic E-state index is 11.9. The first-order valence-corrected chi connectivity index (χ1v) is 6.80. The van der Waals surface area contributed by atoms with Gasteiger partial charge in [0.2, 0.25) is 5.91 Å². The van der Waals surface area contributed by atoms with E-state index in [1.807, 2.05) is 6.92 Å². The first-order chi connectivity index (χ1) is 8.52. The third-order valence-electron chi connectivity index (χ3n) is 3.90. The number of hydrogen-bond acceptors (Lipinski definition) is 4. The number of ether oxygens (including phenoxy) is 1. The summed E-state index contributed by atoms with van der Waals surface area (Å²) in [5.41, 5.74) is 5.83. The van der Waals surface area contributed by atoms with Gasteiger partial charge < -0.3 is 20.7 Å². The minimum absolute atomic E-state index is 0. The SMILES string of the molecule is CCCC(N)C(=O)NCC1(N(C)C)CCOCC1.Cl. The maximum atomic E-state index is 11.9. The van der Waals surface area contributed by atoms with Crippen molar-refractivity contribution in [3.8, 4) is 0 Å². The summed E-state index contributed by atoms with van der Waals surface area (Å²) >= 11 is 0. The first-order valence-electron chi connectivity index (χ1n) is 6.80. The molecule has 5 nitrogen and oxygen atoms in total. The lowest BCUT2D eigenvalue weighted by molar-refractivity contribution is -0.123. The van der Waals surface area contributed by atoms with E-state index < -0.39 is 0 Å². The van der Waals surface area contributed by atoms with E-state index in [1.54, 1.807) is 0 Å². The van der Waals surface area contributed by atoms with Crippen molar-refractivity contribution >= 4 is 18.3 Å². The summed E-state index contributed by atoms with van der Waals surface area (Å²) in [5, 5.41) is 3.00. The summed E-state index contributed by atoms with van der Waals surface area (Å²) in [5.74, 6) is -0.0374. The second-order valence-electron chi connectivity index (χ2n) is 5.34. The molecule has 0 aromatic rings. The van der Waals surface area contributed by atoms with Crippen LogP contribution >= 0.6 is 12.4 Å². The lowest BCUT2D eigenvalue weighted by Crippen LogP contribution is -2.57. The monoisotopic (exact) mass is 293 g/mol. The van der Waals surface area contributed by atoms with Crippen LogP contribution in [0.5, 0.6) is 0 Å². The van der Waals surface area contributed by atoms with Gasteiger partial charge in [0.05, 0.1) is 6.04 Å². The van der Waals surface area contributed by atoms with Crippen LogP contribution in [-0.4, -0.2) is 56.2 Å². The van der Waals surface area contributed by atoms with E-state index in [0.29, 0.717) is 6.54 Å². The van der Waals surface area contributed by atoms with Crippen LogP contribution in [0.25, 0.3) is 0 Å². The van der Waals surface area contributed by atoms with E-state index in [9.17, 15) is 4.79 Å². The minimum atomic E-state index is -0.381. The van der Waals surface area contributed by atoms with E-state index in [-0.39, 0.29) is 29.9 Å². The molecule has 0 radical (unpaired) electrons. The molecule has 0 aromatic carbocycles. The van der Waals surface area contributed by atoms with Crippen molar-refractivity contribution in [2.45, 2.75) is 44.2 Å². The van der Waals surface area contributed by atoms with Gasteiger partial charge in [-0.2, -0.15) is 0 Å². The smallest absolute Gasteiger partial charge is 0.236 e. The van der Waals surface area contributed by atoms with Crippen LogP contribution in [-0.2, 0) is 9.53 Å². The third kappa shape index (κ3) is 5.26. The van der Waals surface area contributed by atoms with E-state index in [4.69, 9.17) is 10.5 Å². The average molecular weight is 294 g/mol. The Bertz CT molecular complexity index is 269. The van der Waals surface area contributed by atoms with Crippen molar-refractivity contribution in [2.24, 2.45) is 5.73 Å². The van der Waals surface area contributed by atoms with Gasteiger partial charge >= 0.3 is 0 Å². The molecule has 19 heavy (non-hydrogen) atoms. The molecule has 1 amide bonds. The fourth-order valence-electron chi connectivity index (χ4n) is 2.36. The van der Waals surface area contributed by atoms with Crippen LogP contribution in [0.1, 0.15) is 32.6 Å². The van der Waals surface area contributed by atoms with Crippen molar-refractivity contribution in [3.63, 3.8) is 0 Å². The van der Waals surface area contributed by atoms with Gasteiger partial charge in [-0.15, -0.1) is 12.4 Å². The quantitative estimate of drug-likeness (QED) is 0.759. The zero-order chi connectivity index (χ0) is 13.6. The molecule has 3 N–H and O–H groups in total. The molecule has 0 aliphatic carbocycles. The highest BCUT2D eigenvalue weighted by molar-refractivity contribution is 5.85. The lowest BCUT2D eigenvalue weighted by atomic mass is 9.88. The Balaban J connectivity index is 0.00000324. The van der Waals surface area contributed by atoms with Gasteiger partial charge in [-0.05, 0) is 33.4 Å². The molecule has 1 heterocycles. The molecule has 1 aliphatic heterocycles. The minimum Gasteiger partial charge on any atom is -0.381 e. The van der Waals surface area contributed by atoms with Crippen LogP contribution in [0.4, 0.5) is 0 Å². The molecule has 0 bridgehead atoms. The fourth-order valence-corrected chi connectivity index (χ4v) is 2.36. The summed E-state index contributed by atoms with van der Waals surface area (Å²) in [6.45, 7) is 4.21. The van der Waals surface area contributed by atoms with Crippen molar-refractivity contribution in [1.29, 1.82) is 0 Å². The summed E-state index contributed by atoms with van der Waals surface area (Å²) in [6, 6.07) is -0.381. The van der Waals surface area contributed by atoms with Crippen molar-refractivity contribution < 1.29 is 9.53 Å². The predicted molar refractivity (Wildman–Crippen MR) is 79.6 cm³/mol. The number of likely N-dealkylation sites (N-methyl/N-ethyl adjacent to an activating group) is 1. The molecule has 6 heteroatoms. The third-order valence-corrected chi connectivity index (χ3v) is 3.90. The number of nitrogens with one attached hydrogen (secondary N) is 1. The number of nitrogens with two attached hydrogens (primary N) is 1. The largest absolute Gasteiger partial charge is 0.381 e. The zero-order valence-electron chi connectivity index (χ0n) is 12.3. The van der Waals surface area contributed by atoms with Gasteiger partial charge in [-0.3, -0.25) is 4.79 Å². The highest BCUT2D eigenvalue weighted by atomic mass is 35.5. The van der Waals surface area contributed by atoms with Crippen LogP contribution < -0.4 is 11.1 Å². The number of halogens is 1. The van der Waals surface area contributed by atoms with E-state index in [2.05, 4.69) is 24.3 Å². The van der Waals surface area contributed by atoms with Gasteiger partial charge in [0.25, 0.3) is 0 Å². The molecule has 1 atom stereocenters. The topological polar surface area (TPSA) is 67.6 Å². The van der Waals surface area contributed by atoms with E-state index in [0.717, 1.165) is 38.9 Å². The zero-order valence-corrected chi connectivity index (χ0v) is 13.1. The average Bonchev–Trinajstić information content (AvgIpc) is 2.37. The van der Waals surface area contributed by atoms with Gasteiger partial charge in [0.15, 0.2) is 0 Å². The Hall–Kier alpha value is -0.360. The molecule has 1 aliphatic rings. The maximum Gasteiger partial charge on any atom is 0.236 e. The Morgan fingerprint density at radius 2 is 2.00 bits per heavy atom. The summed E-state index contributed by atoms with van der Waals surface area (Å²) in [6.07, 6.45) is 3.57. The molecule has 0 saturated carbocycles. The number of rotatable bonds is 6. The van der Waals surface area contributed by atoms with E-state index >= 15 is 0 Å². The lowest BCUT2D eigenvalue weighted by Gasteiger charge is -2.43. The summed E-state index contributed by atoms with van der Waals surface area (Å²) in [4.78, 5) is 14.1. The van der Waals surface area contributed by atoms with Crippen LogP contribution in [0, 0.1) is 0 Å². The van der Waals surface area contributed by atoms with E-state index in [1.165, 1.54) is 0 Å². The molecule has 1 fully saturated rings. The molecular formula is C13H28ClN3O2. The fraction of sp³-hybridized carbons (Fsp3) is 0.923. The Labute approximate surface area is 122 Å². The normalized spacial score (nSPS) is 19.6. The van der Waals surface area contributed by atoms with Crippen LogP contribution in [0.15, 0.2) is 0 Å². The molecule has 1 unspecified atom stereocenters. The molecule has 0 spiro atoms. The number of carbonyl (C=O) groups excluding carboxylic acids is 1. The Kier molecular flexibility index (Phi) is 8.57. The molecule has 1 saturated heterocycles. The predicted octanol–water partition coefficient (Wildman–Crippen LogP) is 0.763. The molecule has 1 rings (SSSR count). The molecular weight excluding hydrogens is 266 g/mol. The second-order valence-corrected chi connectivity index (χ2v) is 5.34. The molecule has 114 valence electrons. The highest BCUT2D eigenvalue weighted by Gasteiger charge is 2.35. The molecule has 0 aromatic heterocycles. The summed E-state index contributed by atoms with van der Waals surface area (Å²) < 4.78 is 5.40. The Morgan fingerprint density at radius 3 is 2.47 bits per heavy atom. The number of carbonyl (C=O) groups is 1. The van der Waals surface area contributed by atoms with Crippen LogP contribution in [0.3, 0.4) is 0 Å². The van der Waals surface area contributed by atoms with Crippen LogP contribution in [0.2, 0.25) is 0 Å². The van der Waals surface area contributed by atoms with Gasteiger partial charge in [-0.25, -0.2) is 0 Å². The summed E-state index contributed by atoms with van der Waals surface area (Å²) in [7, 11) is 4.12. The second kappa shape index (κ2) is 8.74. The standard InChI is InChI=1S/C13H27N3O2.ClH/c1-4-5-11(14)12(17)15-10-13(16(2)3)6-8-18-9-7-13;/h11H,4-10,14H2,1-3H3,(H,15,17);1H. The van der Waals surface area contributed by atoms with Crippen molar-refractivity contribution in [2.75, 3.05) is 33.9 Å². The first kappa shape index (κ1) is 18.6. The number of amides is 1. The van der Waals surface area contributed by atoms with Crippen molar-refractivity contribution in [3.05, 3.63) is 0 Å². The van der Waals surface area contributed by atoms with Crippen molar-refractivity contribution in [1.82, 2.24) is 10.2 Å². The van der Waals surface area contributed by atoms with Gasteiger partial charge in [-0.1, -0.05) is 13.3 Å².